The lowest BCUT2D eigenvalue weighted by atomic mass is 10.2. The van der Waals surface area contributed by atoms with E-state index in [1.807, 2.05) is 0 Å². The molecule has 3 rings (SSSR count). The van der Waals surface area contributed by atoms with E-state index >= 15 is 0 Å². The number of hydrogen-bond acceptors (Lipinski definition) is 7. The zero-order chi connectivity index (χ0) is 20.3. The summed E-state index contributed by atoms with van der Waals surface area (Å²) in [6.45, 7) is 0.727. The first-order chi connectivity index (χ1) is 13.4. The van der Waals surface area contributed by atoms with Crippen molar-refractivity contribution in [1.29, 1.82) is 0 Å². The molecule has 0 aromatic heterocycles. The van der Waals surface area contributed by atoms with E-state index < -0.39 is 15.8 Å². The Hall–Kier alpha value is -2.98. The third kappa shape index (κ3) is 4.29. The second-order valence-electron chi connectivity index (χ2n) is 5.76. The third-order valence-corrected chi connectivity index (χ3v) is 5.34. The molecular formula is C17H13ClN4O5S. The fourth-order valence-electron chi connectivity index (χ4n) is 2.58. The number of thioether (sulfide) groups is 1. The zero-order valence-corrected chi connectivity index (χ0v) is 15.9. The first kappa shape index (κ1) is 19.8. The van der Waals surface area contributed by atoms with Gasteiger partial charge in [0.1, 0.15) is 0 Å². The van der Waals surface area contributed by atoms with Crippen LogP contribution in [0.3, 0.4) is 0 Å². The maximum Gasteiger partial charge on any atom is 0.270 e. The van der Waals surface area contributed by atoms with Gasteiger partial charge < -0.3 is 0 Å². The van der Waals surface area contributed by atoms with Crippen LogP contribution in [-0.4, -0.2) is 38.9 Å². The van der Waals surface area contributed by atoms with Gasteiger partial charge in [-0.1, -0.05) is 35.5 Å². The predicted octanol–water partition coefficient (Wildman–Crippen LogP) is 3.90. The number of nitro benzene ring substituents is 2. The molecule has 0 unspecified atom stereocenters. The highest BCUT2D eigenvalue weighted by atomic mass is 35.5. The SMILES string of the molecule is O=C(c1cc([N+](=O)[O-])ccc1Cl)N1CCN=C1SCc1cccc([N+](=O)[O-])c1. The molecule has 1 heterocycles. The van der Waals surface area contributed by atoms with Crippen LogP contribution in [0.5, 0.6) is 0 Å². The van der Waals surface area contributed by atoms with Gasteiger partial charge in [-0.15, -0.1) is 0 Å². The minimum Gasteiger partial charge on any atom is -0.286 e. The van der Waals surface area contributed by atoms with E-state index in [1.54, 1.807) is 12.1 Å². The molecule has 0 bridgehead atoms. The van der Waals surface area contributed by atoms with Crippen molar-refractivity contribution in [2.75, 3.05) is 13.1 Å². The number of non-ortho nitro benzene ring substituents is 2. The third-order valence-electron chi connectivity index (χ3n) is 3.93. The van der Waals surface area contributed by atoms with Crippen molar-refractivity contribution in [3.8, 4) is 0 Å². The number of carbonyl (C=O) groups excluding carboxylic acids is 1. The number of halogens is 1. The molecule has 0 spiro atoms. The van der Waals surface area contributed by atoms with Gasteiger partial charge in [-0.25, -0.2) is 0 Å². The van der Waals surface area contributed by atoms with Crippen LogP contribution in [0, 0.1) is 20.2 Å². The van der Waals surface area contributed by atoms with Gasteiger partial charge in [0.25, 0.3) is 17.3 Å². The summed E-state index contributed by atoms with van der Waals surface area (Å²) in [6, 6.07) is 9.90. The zero-order valence-electron chi connectivity index (χ0n) is 14.3. The topological polar surface area (TPSA) is 119 Å². The number of amidine groups is 1. The summed E-state index contributed by atoms with van der Waals surface area (Å²) in [7, 11) is 0. The number of carbonyl (C=O) groups is 1. The molecule has 11 heteroatoms. The van der Waals surface area contributed by atoms with E-state index in [-0.39, 0.29) is 22.0 Å². The Balaban J connectivity index is 1.75. The van der Waals surface area contributed by atoms with Gasteiger partial charge >= 0.3 is 0 Å². The van der Waals surface area contributed by atoms with Crippen LogP contribution < -0.4 is 0 Å². The summed E-state index contributed by atoms with van der Waals surface area (Å²) < 4.78 is 0. The molecule has 1 aliphatic heterocycles. The molecule has 0 saturated carbocycles. The lowest BCUT2D eigenvalue weighted by Crippen LogP contribution is -2.33. The highest BCUT2D eigenvalue weighted by Gasteiger charge is 2.28. The number of hydrogen-bond donors (Lipinski definition) is 0. The Morgan fingerprint density at radius 1 is 1.14 bits per heavy atom. The van der Waals surface area contributed by atoms with Crippen LogP contribution in [0.2, 0.25) is 5.02 Å². The first-order valence-electron chi connectivity index (χ1n) is 8.03. The van der Waals surface area contributed by atoms with Gasteiger partial charge in [-0.2, -0.15) is 0 Å². The van der Waals surface area contributed by atoms with Crippen molar-refractivity contribution in [2.45, 2.75) is 5.75 Å². The van der Waals surface area contributed by atoms with Gasteiger partial charge in [-0.05, 0) is 11.6 Å². The Bertz CT molecular complexity index is 997. The van der Waals surface area contributed by atoms with Gasteiger partial charge in [0.15, 0.2) is 5.17 Å². The maximum absolute atomic E-state index is 12.8. The summed E-state index contributed by atoms with van der Waals surface area (Å²) in [6.07, 6.45) is 0. The molecule has 2 aromatic carbocycles. The maximum atomic E-state index is 12.8. The second-order valence-corrected chi connectivity index (χ2v) is 7.11. The molecule has 1 aliphatic rings. The largest absolute Gasteiger partial charge is 0.286 e. The summed E-state index contributed by atoms with van der Waals surface area (Å²) >= 11 is 7.32. The predicted molar refractivity (Wildman–Crippen MR) is 106 cm³/mol. The monoisotopic (exact) mass is 420 g/mol. The second kappa shape index (κ2) is 8.36. The van der Waals surface area contributed by atoms with E-state index in [0.29, 0.717) is 24.0 Å². The molecule has 2 aromatic rings. The van der Waals surface area contributed by atoms with Crippen molar-refractivity contribution < 1.29 is 14.6 Å². The standard InChI is InChI=1S/C17H13ClN4O5S/c18-15-5-4-13(22(26)27)9-14(15)16(23)20-7-6-19-17(20)28-10-11-2-1-3-12(8-11)21(24)25/h1-5,8-9H,6-7,10H2. The first-order valence-corrected chi connectivity index (χ1v) is 9.39. The Labute approximate surface area is 168 Å². The number of nitrogens with zero attached hydrogens (tertiary/aromatic N) is 4. The summed E-state index contributed by atoms with van der Waals surface area (Å²) in [5.74, 6) is -0.0936. The van der Waals surface area contributed by atoms with Crippen LogP contribution in [0.15, 0.2) is 47.5 Å². The Kier molecular flexibility index (Phi) is 5.90. The number of aliphatic imine (C=N–C) groups is 1. The number of rotatable bonds is 5. The molecule has 9 nitrogen and oxygen atoms in total. The van der Waals surface area contributed by atoms with Crippen molar-refractivity contribution in [3.05, 3.63) is 78.8 Å². The van der Waals surface area contributed by atoms with Crippen LogP contribution in [-0.2, 0) is 5.75 Å². The van der Waals surface area contributed by atoms with Crippen LogP contribution in [0.25, 0.3) is 0 Å². The fraction of sp³-hybridized carbons (Fsp3) is 0.176. The molecule has 0 N–H and O–H groups in total. The minimum atomic E-state index is -0.594. The van der Waals surface area contributed by atoms with Gasteiger partial charge in [0.2, 0.25) is 0 Å². The molecule has 144 valence electrons. The van der Waals surface area contributed by atoms with Crippen molar-refractivity contribution >= 4 is 45.8 Å². The van der Waals surface area contributed by atoms with E-state index in [1.165, 1.54) is 40.9 Å². The molecule has 0 fully saturated rings. The van der Waals surface area contributed by atoms with Gasteiger partial charge in [0, 0.05) is 36.6 Å². The number of amides is 1. The normalized spacial score (nSPS) is 13.3. The molecule has 0 aliphatic carbocycles. The molecule has 1 amide bonds. The smallest absolute Gasteiger partial charge is 0.270 e. The highest BCUT2D eigenvalue weighted by Crippen LogP contribution is 2.27. The fourth-order valence-corrected chi connectivity index (χ4v) is 3.77. The average molecular weight is 421 g/mol. The molecule has 0 atom stereocenters. The minimum absolute atomic E-state index is 0.0113. The van der Waals surface area contributed by atoms with Gasteiger partial charge in [-0.3, -0.25) is 34.9 Å². The molecular weight excluding hydrogens is 408 g/mol. The summed E-state index contributed by atoms with van der Waals surface area (Å²) in [4.78, 5) is 39.3. The van der Waals surface area contributed by atoms with E-state index in [9.17, 15) is 25.0 Å². The molecule has 0 radical (unpaired) electrons. The van der Waals surface area contributed by atoms with Crippen LogP contribution in [0.4, 0.5) is 11.4 Å². The molecule has 0 saturated heterocycles. The lowest BCUT2D eigenvalue weighted by molar-refractivity contribution is -0.385. The number of nitro groups is 2. The quantitative estimate of drug-likeness (QED) is 0.534. The van der Waals surface area contributed by atoms with E-state index in [4.69, 9.17) is 11.6 Å². The Morgan fingerprint density at radius 3 is 2.57 bits per heavy atom. The Morgan fingerprint density at radius 2 is 1.86 bits per heavy atom. The van der Waals surface area contributed by atoms with Crippen molar-refractivity contribution in [1.82, 2.24) is 4.90 Å². The lowest BCUT2D eigenvalue weighted by Gasteiger charge is -2.18. The van der Waals surface area contributed by atoms with Crippen LogP contribution >= 0.6 is 23.4 Å². The average Bonchev–Trinajstić information content (AvgIpc) is 3.14. The van der Waals surface area contributed by atoms with Gasteiger partial charge in [0.05, 0.1) is 27.0 Å². The highest BCUT2D eigenvalue weighted by molar-refractivity contribution is 8.13. The summed E-state index contributed by atoms with van der Waals surface area (Å²) in [5.41, 5.74) is 0.508. The van der Waals surface area contributed by atoms with Crippen molar-refractivity contribution in [2.24, 2.45) is 4.99 Å². The van der Waals surface area contributed by atoms with Crippen LogP contribution in [0.1, 0.15) is 15.9 Å². The summed E-state index contributed by atoms with van der Waals surface area (Å²) in [5, 5.41) is 22.4. The van der Waals surface area contributed by atoms with E-state index in [0.717, 1.165) is 11.6 Å². The van der Waals surface area contributed by atoms with E-state index in [2.05, 4.69) is 4.99 Å². The number of benzene rings is 2. The molecule has 28 heavy (non-hydrogen) atoms. The van der Waals surface area contributed by atoms with Crippen molar-refractivity contribution in [3.63, 3.8) is 0 Å².